The fourth-order valence-electron chi connectivity index (χ4n) is 2.54. The van der Waals surface area contributed by atoms with Crippen molar-refractivity contribution in [3.8, 4) is 0 Å². The molecular formula is C15H25NO3S2. The summed E-state index contributed by atoms with van der Waals surface area (Å²) in [6, 6.07) is 0. The number of carbonyl (C=O) groups excluding carboxylic acids is 1. The van der Waals surface area contributed by atoms with Gasteiger partial charge in [-0.05, 0) is 19.3 Å². The summed E-state index contributed by atoms with van der Waals surface area (Å²) in [5.41, 5.74) is 0.329. The van der Waals surface area contributed by atoms with Gasteiger partial charge < -0.3 is 9.64 Å². The third-order valence-corrected chi connectivity index (χ3v) is 6.66. The van der Waals surface area contributed by atoms with Crippen LogP contribution in [0.2, 0.25) is 0 Å². The molecule has 6 heteroatoms. The molecular weight excluding hydrogens is 306 g/mol. The lowest BCUT2D eigenvalue weighted by atomic mass is 10.0. The second kappa shape index (κ2) is 8.63. The fourth-order valence-corrected chi connectivity index (χ4v) is 4.94. The van der Waals surface area contributed by atoms with Gasteiger partial charge in [-0.15, -0.1) is 0 Å². The molecule has 0 aliphatic heterocycles. The maximum absolute atomic E-state index is 12.9. The van der Waals surface area contributed by atoms with Crippen molar-refractivity contribution >= 4 is 34.0 Å². The van der Waals surface area contributed by atoms with Crippen molar-refractivity contribution in [3.63, 3.8) is 0 Å². The summed E-state index contributed by atoms with van der Waals surface area (Å²) in [4.78, 5) is 14.0. The topological polar surface area (TPSA) is 46.6 Å². The molecule has 0 unspecified atom stereocenters. The third kappa shape index (κ3) is 5.18. The van der Waals surface area contributed by atoms with Crippen LogP contribution in [0.15, 0.2) is 12.2 Å². The van der Waals surface area contributed by atoms with E-state index >= 15 is 0 Å². The van der Waals surface area contributed by atoms with Crippen LogP contribution in [0.4, 0.5) is 0 Å². The van der Waals surface area contributed by atoms with E-state index in [1.807, 2.05) is 14.1 Å². The van der Waals surface area contributed by atoms with Gasteiger partial charge in [0.05, 0.1) is 17.3 Å². The van der Waals surface area contributed by atoms with Gasteiger partial charge in [-0.25, -0.2) is 4.79 Å². The van der Waals surface area contributed by atoms with Gasteiger partial charge in [0.1, 0.15) is 0 Å². The molecule has 0 N–H and O–H groups in total. The fraction of sp³-hybridized carbons (Fsp3) is 0.733. The lowest BCUT2D eigenvalue weighted by molar-refractivity contribution is -0.136. The summed E-state index contributed by atoms with van der Waals surface area (Å²) in [5, 5.41) is -0.170. The van der Waals surface area contributed by atoms with E-state index in [4.69, 9.17) is 12.2 Å². The van der Waals surface area contributed by atoms with Crippen molar-refractivity contribution in [2.75, 3.05) is 21.2 Å². The van der Waals surface area contributed by atoms with Crippen LogP contribution < -0.4 is 0 Å². The van der Waals surface area contributed by atoms with Crippen molar-refractivity contribution in [1.29, 1.82) is 0 Å². The number of thiocarbonyl (C=S) groups is 1. The normalized spacial score (nSPS) is 18.6. The highest BCUT2D eigenvalue weighted by molar-refractivity contribution is 7.90. The summed E-state index contributed by atoms with van der Waals surface area (Å²) in [5.74, 6) is -0.456. The molecule has 0 aromatic rings. The molecule has 0 saturated heterocycles. The van der Waals surface area contributed by atoms with Gasteiger partial charge in [-0.1, -0.05) is 38.1 Å². The Hall–Kier alpha value is -0.750. The predicted octanol–water partition coefficient (Wildman–Crippen LogP) is 2.44. The van der Waals surface area contributed by atoms with E-state index < -0.39 is 16.8 Å². The Kier molecular flexibility index (Phi) is 7.52. The van der Waals surface area contributed by atoms with Crippen LogP contribution in [0.1, 0.15) is 38.5 Å². The van der Waals surface area contributed by atoms with E-state index in [1.165, 1.54) is 13.5 Å². The van der Waals surface area contributed by atoms with Crippen LogP contribution in [0.25, 0.3) is 0 Å². The highest BCUT2D eigenvalue weighted by Gasteiger charge is 2.31. The summed E-state index contributed by atoms with van der Waals surface area (Å²) in [6.07, 6.45) is 5.71. The monoisotopic (exact) mass is 331 g/mol. The second-order valence-electron chi connectivity index (χ2n) is 5.61. The maximum atomic E-state index is 12.9. The SMILES string of the molecule is C=C(C[C@H](C(=S)N(C)C)[S@@](=O)C1CCCCC1)C(=O)OC. The van der Waals surface area contributed by atoms with Gasteiger partial charge in [-0.2, -0.15) is 0 Å². The first-order valence-electron chi connectivity index (χ1n) is 7.25. The zero-order valence-corrected chi connectivity index (χ0v) is 14.7. The van der Waals surface area contributed by atoms with Gasteiger partial charge in [-0.3, -0.25) is 4.21 Å². The van der Waals surface area contributed by atoms with E-state index in [2.05, 4.69) is 11.3 Å². The Morgan fingerprint density at radius 2 is 1.95 bits per heavy atom. The number of hydrogen-bond acceptors (Lipinski definition) is 4. The Bertz CT molecular complexity index is 429. The summed E-state index contributed by atoms with van der Waals surface area (Å²) in [7, 11) is 3.92. The van der Waals surface area contributed by atoms with Gasteiger partial charge in [0.2, 0.25) is 0 Å². The third-order valence-electron chi connectivity index (χ3n) is 3.78. The van der Waals surface area contributed by atoms with Crippen molar-refractivity contribution < 1.29 is 13.7 Å². The predicted molar refractivity (Wildman–Crippen MR) is 90.9 cm³/mol. The summed E-state index contributed by atoms with van der Waals surface area (Å²) >= 11 is 5.43. The van der Waals surface area contributed by atoms with E-state index in [-0.39, 0.29) is 10.5 Å². The summed E-state index contributed by atoms with van der Waals surface area (Å²) in [6.45, 7) is 3.75. The molecule has 0 amide bonds. The molecule has 0 heterocycles. The van der Waals surface area contributed by atoms with Crippen molar-refractivity contribution in [2.45, 2.75) is 49.0 Å². The zero-order valence-electron chi connectivity index (χ0n) is 13.1. The quantitative estimate of drug-likeness (QED) is 0.425. The Morgan fingerprint density at radius 3 is 2.43 bits per heavy atom. The molecule has 120 valence electrons. The first kappa shape index (κ1) is 18.3. The minimum Gasteiger partial charge on any atom is -0.466 e. The number of rotatable bonds is 6. The van der Waals surface area contributed by atoms with Gasteiger partial charge in [0, 0.05) is 35.7 Å². The first-order valence-corrected chi connectivity index (χ1v) is 8.93. The molecule has 21 heavy (non-hydrogen) atoms. The minimum atomic E-state index is -1.09. The van der Waals surface area contributed by atoms with Crippen molar-refractivity contribution in [3.05, 3.63) is 12.2 Å². The molecule has 1 saturated carbocycles. The highest BCUT2D eigenvalue weighted by Crippen LogP contribution is 2.27. The Balaban J connectivity index is 2.85. The molecule has 1 aliphatic carbocycles. The summed E-state index contributed by atoms with van der Waals surface area (Å²) < 4.78 is 17.6. The number of methoxy groups -OCH3 is 1. The van der Waals surface area contributed by atoms with E-state index in [0.717, 1.165) is 25.7 Å². The average molecular weight is 332 g/mol. The number of hydrogen-bond donors (Lipinski definition) is 0. The first-order chi connectivity index (χ1) is 9.88. The molecule has 2 atom stereocenters. The lowest BCUT2D eigenvalue weighted by Gasteiger charge is -2.29. The zero-order chi connectivity index (χ0) is 16.0. The lowest BCUT2D eigenvalue weighted by Crippen LogP contribution is -2.40. The number of esters is 1. The molecule has 1 fully saturated rings. The van der Waals surface area contributed by atoms with Crippen LogP contribution >= 0.6 is 12.2 Å². The Labute approximate surface area is 135 Å². The molecule has 0 spiro atoms. The van der Waals surface area contributed by atoms with Gasteiger partial charge in [0.25, 0.3) is 0 Å². The molecule has 0 bridgehead atoms. The van der Waals surface area contributed by atoms with E-state index in [9.17, 15) is 9.00 Å². The standard InChI is InChI=1S/C15H25NO3S2/c1-11(15(17)19-4)10-13(14(20)16(2)3)21(18)12-8-6-5-7-9-12/h12-13H,1,5-10H2,2-4H3/t13-,21+/m1/s1. The Morgan fingerprint density at radius 1 is 1.38 bits per heavy atom. The molecule has 1 aliphatic rings. The van der Waals surface area contributed by atoms with Crippen LogP contribution in [0, 0.1) is 0 Å². The average Bonchev–Trinajstić information content (AvgIpc) is 2.50. The largest absolute Gasteiger partial charge is 0.466 e. The molecule has 0 aromatic carbocycles. The van der Waals surface area contributed by atoms with E-state index in [1.54, 1.807) is 4.90 Å². The number of ether oxygens (including phenoxy) is 1. The van der Waals surface area contributed by atoms with Gasteiger partial charge >= 0.3 is 5.97 Å². The van der Waals surface area contributed by atoms with Crippen LogP contribution in [-0.4, -0.2) is 51.8 Å². The maximum Gasteiger partial charge on any atom is 0.333 e. The van der Waals surface area contributed by atoms with Crippen molar-refractivity contribution in [1.82, 2.24) is 4.90 Å². The van der Waals surface area contributed by atoms with Crippen LogP contribution in [0.3, 0.4) is 0 Å². The number of carbonyl (C=O) groups is 1. The smallest absolute Gasteiger partial charge is 0.333 e. The number of nitrogens with zero attached hydrogens (tertiary/aromatic N) is 1. The van der Waals surface area contributed by atoms with Gasteiger partial charge in [0.15, 0.2) is 0 Å². The molecule has 4 nitrogen and oxygen atoms in total. The minimum absolute atomic E-state index is 0.173. The molecule has 1 rings (SSSR count). The van der Waals surface area contributed by atoms with Crippen LogP contribution in [-0.2, 0) is 20.3 Å². The molecule has 0 aromatic heterocycles. The highest BCUT2D eigenvalue weighted by atomic mass is 32.2. The van der Waals surface area contributed by atoms with Crippen molar-refractivity contribution in [2.24, 2.45) is 0 Å². The molecule has 0 radical (unpaired) electrons. The second-order valence-corrected chi connectivity index (χ2v) is 7.92. The van der Waals surface area contributed by atoms with E-state index in [0.29, 0.717) is 17.0 Å². The van der Waals surface area contributed by atoms with Crippen LogP contribution in [0.5, 0.6) is 0 Å².